The first-order valence-electron chi connectivity index (χ1n) is 6.94. The van der Waals surface area contributed by atoms with Crippen LogP contribution < -0.4 is 14.8 Å². The standard InChI is InChI=1S/C14H16N4O4S2/c1-3-8-22-11-7-5-6-10(9-11)18-24(20,21)14-17-16-13(23-14)15-12(19)4-2/h3,5-7,9,18H,1,4,8H2,2H3,(H,15,16,19). The Kier molecular flexibility index (Phi) is 5.88. The second-order valence-corrected chi connectivity index (χ2v) is 7.34. The summed E-state index contributed by atoms with van der Waals surface area (Å²) in [6.07, 6.45) is 1.85. The Labute approximate surface area is 143 Å². The number of nitrogens with zero attached hydrogens (tertiary/aromatic N) is 2. The van der Waals surface area contributed by atoms with E-state index in [-0.39, 0.29) is 21.8 Å². The minimum atomic E-state index is -3.90. The maximum Gasteiger partial charge on any atom is 0.291 e. The molecule has 1 heterocycles. The van der Waals surface area contributed by atoms with Gasteiger partial charge in [0.2, 0.25) is 11.0 Å². The maximum absolute atomic E-state index is 12.3. The van der Waals surface area contributed by atoms with Gasteiger partial charge in [-0.2, -0.15) is 8.42 Å². The normalized spacial score (nSPS) is 10.9. The van der Waals surface area contributed by atoms with Crippen LogP contribution in [0.25, 0.3) is 0 Å². The van der Waals surface area contributed by atoms with Gasteiger partial charge >= 0.3 is 0 Å². The summed E-state index contributed by atoms with van der Waals surface area (Å²) < 4.78 is 32.1. The average Bonchev–Trinajstić information content (AvgIpc) is 3.02. The van der Waals surface area contributed by atoms with Crippen LogP contribution in [0.3, 0.4) is 0 Å². The molecule has 0 radical (unpaired) electrons. The predicted molar refractivity (Wildman–Crippen MR) is 91.8 cm³/mol. The third-order valence-corrected chi connectivity index (χ3v) is 5.25. The van der Waals surface area contributed by atoms with Gasteiger partial charge < -0.3 is 10.1 Å². The van der Waals surface area contributed by atoms with Gasteiger partial charge in [0.05, 0.1) is 5.69 Å². The molecule has 0 saturated carbocycles. The second kappa shape index (κ2) is 7.88. The van der Waals surface area contributed by atoms with Crippen molar-refractivity contribution in [2.24, 2.45) is 0 Å². The summed E-state index contributed by atoms with van der Waals surface area (Å²) >= 11 is 0.772. The van der Waals surface area contributed by atoms with E-state index in [1.807, 2.05) is 0 Å². The number of ether oxygens (including phenoxy) is 1. The van der Waals surface area contributed by atoms with Crippen LogP contribution in [0.2, 0.25) is 0 Å². The number of benzene rings is 1. The number of anilines is 2. The van der Waals surface area contributed by atoms with Crippen LogP contribution in [0.4, 0.5) is 10.8 Å². The molecule has 0 fully saturated rings. The molecule has 0 spiro atoms. The Balaban J connectivity index is 2.13. The van der Waals surface area contributed by atoms with E-state index in [1.165, 1.54) is 0 Å². The molecule has 2 aromatic rings. The lowest BCUT2D eigenvalue weighted by molar-refractivity contribution is -0.115. The maximum atomic E-state index is 12.3. The van der Waals surface area contributed by atoms with Gasteiger partial charge in [-0.15, -0.1) is 10.2 Å². The van der Waals surface area contributed by atoms with Gasteiger partial charge in [0.1, 0.15) is 12.4 Å². The van der Waals surface area contributed by atoms with Gasteiger partial charge in [-0.25, -0.2) is 0 Å². The molecule has 2 N–H and O–H groups in total. The lowest BCUT2D eigenvalue weighted by atomic mass is 10.3. The Bertz CT molecular complexity index is 833. The van der Waals surface area contributed by atoms with E-state index >= 15 is 0 Å². The fourth-order valence-corrected chi connectivity index (χ4v) is 3.55. The molecular formula is C14H16N4O4S2. The predicted octanol–water partition coefficient (Wildman–Crippen LogP) is 2.25. The SMILES string of the molecule is C=CCOc1cccc(NS(=O)(=O)c2nnc(NC(=O)CC)s2)c1. The van der Waals surface area contributed by atoms with Gasteiger partial charge in [0.25, 0.3) is 14.4 Å². The van der Waals surface area contributed by atoms with Crippen LogP contribution in [0, 0.1) is 0 Å². The molecule has 0 atom stereocenters. The molecule has 0 bridgehead atoms. The van der Waals surface area contributed by atoms with E-state index in [0.29, 0.717) is 18.0 Å². The number of hydrogen-bond acceptors (Lipinski definition) is 7. The van der Waals surface area contributed by atoms with Gasteiger partial charge in [-0.3, -0.25) is 9.52 Å². The largest absolute Gasteiger partial charge is 0.489 e. The van der Waals surface area contributed by atoms with Crippen molar-refractivity contribution in [2.45, 2.75) is 17.7 Å². The summed E-state index contributed by atoms with van der Waals surface area (Å²) in [5.74, 6) is 0.235. The number of aromatic nitrogens is 2. The van der Waals surface area contributed by atoms with Crippen molar-refractivity contribution >= 4 is 38.1 Å². The van der Waals surface area contributed by atoms with Gasteiger partial charge in [0.15, 0.2) is 0 Å². The van der Waals surface area contributed by atoms with Crippen molar-refractivity contribution < 1.29 is 17.9 Å². The van der Waals surface area contributed by atoms with Crippen molar-refractivity contribution in [1.82, 2.24) is 10.2 Å². The third kappa shape index (κ3) is 4.77. The number of amides is 1. The first kappa shape index (κ1) is 17.9. The minimum Gasteiger partial charge on any atom is -0.489 e. The van der Waals surface area contributed by atoms with E-state index in [1.54, 1.807) is 37.3 Å². The number of rotatable bonds is 8. The smallest absolute Gasteiger partial charge is 0.291 e. The fraction of sp³-hybridized carbons (Fsp3) is 0.214. The van der Waals surface area contributed by atoms with Crippen molar-refractivity contribution in [1.29, 1.82) is 0 Å². The molecule has 1 amide bonds. The Morgan fingerprint density at radius 2 is 2.21 bits per heavy atom. The molecular weight excluding hydrogens is 352 g/mol. The highest BCUT2D eigenvalue weighted by Crippen LogP contribution is 2.24. The first-order valence-corrected chi connectivity index (χ1v) is 9.24. The van der Waals surface area contributed by atoms with Crippen LogP contribution in [0.5, 0.6) is 5.75 Å². The third-order valence-electron chi connectivity index (χ3n) is 2.66. The molecule has 128 valence electrons. The van der Waals surface area contributed by atoms with Crippen molar-refractivity contribution in [3.63, 3.8) is 0 Å². The summed E-state index contributed by atoms with van der Waals surface area (Å²) in [6, 6.07) is 6.48. The van der Waals surface area contributed by atoms with Gasteiger partial charge in [-0.1, -0.05) is 37.0 Å². The van der Waals surface area contributed by atoms with Gasteiger partial charge in [-0.05, 0) is 12.1 Å². The van der Waals surface area contributed by atoms with Crippen LogP contribution >= 0.6 is 11.3 Å². The molecule has 2 rings (SSSR count). The molecule has 0 unspecified atom stereocenters. The molecule has 1 aromatic carbocycles. The highest BCUT2D eigenvalue weighted by atomic mass is 32.2. The Hall–Kier alpha value is -2.46. The van der Waals surface area contributed by atoms with Crippen molar-refractivity contribution in [3.8, 4) is 5.75 Å². The quantitative estimate of drug-likeness (QED) is 0.546. The number of nitrogens with one attached hydrogen (secondary N) is 2. The molecule has 0 aliphatic carbocycles. The molecule has 0 saturated heterocycles. The van der Waals surface area contributed by atoms with Crippen molar-refractivity contribution in [3.05, 3.63) is 36.9 Å². The van der Waals surface area contributed by atoms with E-state index in [2.05, 4.69) is 26.8 Å². The van der Waals surface area contributed by atoms with E-state index in [9.17, 15) is 13.2 Å². The molecule has 8 nitrogen and oxygen atoms in total. The minimum absolute atomic E-state index is 0.130. The second-order valence-electron chi connectivity index (χ2n) is 4.51. The zero-order valence-corrected chi connectivity index (χ0v) is 14.5. The zero-order valence-electron chi connectivity index (χ0n) is 12.9. The zero-order chi connectivity index (χ0) is 17.6. The Morgan fingerprint density at radius 1 is 1.42 bits per heavy atom. The number of hydrogen-bond donors (Lipinski definition) is 2. The molecule has 1 aromatic heterocycles. The van der Waals surface area contributed by atoms with Gasteiger partial charge in [0, 0.05) is 12.5 Å². The van der Waals surface area contributed by atoms with E-state index < -0.39 is 10.0 Å². The first-order chi connectivity index (χ1) is 11.4. The van der Waals surface area contributed by atoms with Crippen LogP contribution in [-0.4, -0.2) is 31.1 Å². The van der Waals surface area contributed by atoms with E-state index in [4.69, 9.17) is 4.74 Å². The lowest BCUT2D eigenvalue weighted by Crippen LogP contribution is -2.12. The lowest BCUT2D eigenvalue weighted by Gasteiger charge is -2.07. The molecule has 10 heteroatoms. The highest BCUT2D eigenvalue weighted by molar-refractivity contribution is 7.94. The summed E-state index contributed by atoms with van der Waals surface area (Å²) in [7, 11) is -3.90. The molecule has 24 heavy (non-hydrogen) atoms. The average molecular weight is 368 g/mol. The topological polar surface area (TPSA) is 110 Å². The summed E-state index contributed by atoms with van der Waals surface area (Å²) in [4.78, 5) is 11.3. The summed E-state index contributed by atoms with van der Waals surface area (Å²) in [6.45, 7) is 5.54. The molecule has 0 aliphatic rings. The van der Waals surface area contributed by atoms with Crippen molar-refractivity contribution in [2.75, 3.05) is 16.6 Å². The van der Waals surface area contributed by atoms with Crippen LogP contribution in [-0.2, 0) is 14.8 Å². The molecule has 0 aliphatic heterocycles. The van der Waals surface area contributed by atoms with Crippen LogP contribution in [0.15, 0.2) is 41.3 Å². The Morgan fingerprint density at radius 3 is 2.92 bits per heavy atom. The number of sulfonamides is 1. The van der Waals surface area contributed by atoms with E-state index in [0.717, 1.165) is 11.3 Å². The summed E-state index contributed by atoms with van der Waals surface area (Å²) in [5.41, 5.74) is 0.325. The fourth-order valence-electron chi connectivity index (χ4n) is 1.58. The highest BCUT2D eigenvalue weighted by Gasteiger charge is 2.21. The monoisotopic (exact) mass is 368 g/mol. The number of carbonyl (C=O) groups is 1. The van der Waals surface area contributed by atoms with Crippen LogP contribution in [0.1, 0.15) is 13.3 Å². The summed E-state index contributed by atoms with van der Waals surface area (Å²) in [5, 5.41) is 9.85. The number of carbonyl (C=O) groups excluding carboxylic acids is 1.